The van der Waals surface area contributed by atoms with Crippen LogP contribution in [0, 0.1) is 0 Å². The van der Waals surface area contributed by atoms with Gasteiger partial charge < -0.3 is 14.2 Å². The molecule has 32 heavy (non-hydrogen) atoms. The number of esters is 1. The Labute approximate surface area is 189 Å². The second-order valence-electron chi connectivity index (χ2n) is 7.98. The van der Waals surface area contributed by atoms with Gasteiger partial charge in [-0.05, 0) is 78.3 Å². The molecule has 4 heteroatoms. The van der Waals surface area contributed by atoms with Gasteiger partial charge >= 0.3 is 5.97 Å². The van der Waals surface area contributed by atoms with E-state index in [1.807, 2.05) is 36.4 Å². The molecule has 0 spiro atoms. The molecule has 1 saturated carbocycles. The van der Waals surface area contributed by atoms with Gasteiger partial charge in [-0.15, -0.1) is 0 Å². The van der Waals surface area contributed by atoms with Crippen molar-refractivity contribution in [1.82, 2.24) is 0 Å². The molecule has 0 aliphatic heterocycles. The monoisotopic (exact) mass is 428 g/mol. The fraction of sp³-hybridized carbons (Fsp3) is 0.250. The lowest BCUT2D eigenvalue weighted by molar-refractivity contribution is -0.131. The van der Waals surface area contributed by atoms with E-state index in [-0.39, 0.29) is 12.1 Å². The fourth-order valence-corrected chi connectivity index (χ4v) is 4.04. The molecule has 0 unspecified atom stereocenters. The largest absolute Gasteiger partial charge is 0.493 e. The van der Waals surface area contributed by atoms with Crippen LogP contribution in [0.2, 0.25) is 0 Å². The maximum atomic E-state index is 11.2. The predicted molar refractivity (Wildman–Crippen MR) is 127 cm³/mol. The van der Waals surface area contributed by atoms with E-state index in [0.717, 1.165) is 46.6 Å². The SMILES string of the molecule is COc1ccc(/C(=C/c2ccc(OC(C)=O)cc2)c2ccccc2)cc1OC1CCCC1. The molecule has 0 atom stereocenters. The minimum Gasteiger partial charge on any atom is -0.493 e. The Hall–Kier alpha value is -3.53. The van der Waals surface area contributed by atoms with Gasteiger partial charge in [-0.1, -0.05) is 48.5 Å². The molecule has 0 aromatic heterocycles. The Morgan fingerprint density at radius 3 is 2.25 bits per heavy atom. The Morgan fingerprint density at radius 2 is 1.59 bits per heavy atom. The molecule has 0 heterocycles. The minimum absolute atomic E-state index is 0.247. The number of carbonyl (C=O) groups is 1. The molecule has 0 radical (unpaired) electrons. The molecule has 3 aromatic carbocycles. The van der Waals surface area contributed by atoms with E-state index in [4.69, 9.17) is 14.2 Å². The van der Waals surface area contributed by atoms with Crippen LogP contribution < -0.4 is 14.2 Å². The lowest BCUT2D eigenvalue weighted by atomic mass is 9.95. The summed E-state index contributed by atoms with van der Waals surface area (Å²) in [5.41, 5.74) is 4.24. The minimum atomic E-state index is -0.328. The van der Waals surface area contributed by atoms with Gasteiger partial charge in [0, 0.05) is 6.92 Å². The third-order valence-corrected chi connectivity index (χ3v) is 5.61. The molecule has 4 rings (SSSR count). The van der Waals surface area contributed by atoms with E-state index >= 15 is 0 Å². The van der Waals surface area contributed by atoms with Gasteiger partial charge in [0.2, 0.25) is 0 Å². The molecule has 4 nitrogen and oxygen atoms in total. The van der Waals surface area contributed by atoms with Crippen molar-refractivity contribution < 1.29 is 19.0 Å². The van der Waals surface area contributed by atoms with Crippen LogP contribution in [0.1, 0.15) is 49.3 Å². The van der Waals surface area contributed by atoms with Crippen molar-refractivity contribution in [3.63, 3.8) is 0 Å². The van der Waals surface area contributed by atoms with Crippen molar-refractivity contribution in [1.29, 1.82) is 0 Å². The number of methoxy groups -OCH3 is 1. The van der Waals surface area contributed by atoms with Gasteiger partial charge in [0.25, 0.3) is 0 Å². The van der Waals surface area contributed by atoms with E-state index in [2.05, 4.69) is 30.3 Å². The zero-order valence-corrected chi connectivity index (χ0v) is 18.5. The summed E-state index contributed by atoms with van der Waals surface area (Å²) in [5.74, 6) is 1.74. The molecule has 3 aromatic rings. The van der Waals surface area contributed by atoms with Crippen molar-refractivity contribution in [3.8, 4) is 17.2 Å². The Kier molecular flexibility index (Phi) is 6.90. The van der Waals surface area contributed by atoms with Crippen LogP contribution in [0.3, 0.4) is 0 Å². The lowest BCUT2D eigenvalue weighted by Gasteiger charge is -2.18. The zero-order valence-electron chi connectivity index (χ0n) is 18.5. The highest BCUT2D eigenvalue weighted by Gasteiger charge is 2.19. The molecule has 0 N–H and O–H groups in total. The van der Waals surface area contributed by atoms with Crippen LogP contribution in [0.4, 0.5) is 0 Å². The van der Waals surface area contributed by atoms with Crippen molar-refractivity contribution >= 4 is 17.6 Å². The maximum Gasteiger partial charge on any atom is 0.308 e. The summed E-state index contributed by atoms with van der Waals surface area (Å²) in [6, 6.07) is 23.9. The summed E-state index contributed by atoms with van der Waals surface area (Å²) in [5, 5.41) is 0. The molecule has 0 bridgehead atoms. The van der Waals surface area contributed by atoms with Crippen molar-refractivity contribution in [3.05, 3.63) is 89.5 Å². The highest BCUT2D eigenvalue weighted by Crippen LogP contribution is 2.36. The summed E-state index contributed by atoms with van der Waals surface area (Å²) in [6.45, 7) is 1.40. The molecule has 1 aliphatic rings. The molecule has 0 amide bonds. The highest BCUT2D eigenvalue weighted by atomic mass is 16.5. The first kappa shape index (κ1) is 21.7. The van der Waals surface area contributed by atoms with Crippen molar-refractivity contribution in [2.24, 2.45) is 0 Å². The van der Waals surface area contributed by atoms with Gasteiger partial charge in [-0.25, -0.2) is 0 Å². The van der Waals surface area contributed by atoms with Gasteiger partial charge in [0.05, 0.1) is 13.2 Å². The summed E-state index contributed by atoms with van der Waals surface area (Å²) in [6.07, 6.45) is 6.98. The molecular formula is C28H28O4. The van der Waals surface area contributed by atoms with Crippen LogP contribution in [0.15, 0.2) is 72.8 Å². The molecule has 1 fully saturated rings. The fourth-order valence-electron chi connectivity index (χ4n) is 4.04. The number of carbonyl (C=O) groups excluding carboxylic acids is 1. The third kappa shape index (κ3) is 5.38. The number of benzene rings is 3. The summed E-state index contributed by atoms with van der Waals surface area (Å²) < 4.78 is 17.1. The Balaban J connectivity index is 1.72. The van der Waals surface area contributed by atoms with E-state index in [0.29, 0.717) is 5.75 Å². The molecular weight excluding hydrogens is 400 g/mol. The van der Waals surface area contributed by atoms with Crippen LogP contribution in [0.5, 0.6) is 17.2 Å². The van der Waals surface area contributed by atoms with E-state index < -0.39 is 0 Å². The lowest BCUT2D eigenvalue weighted by Crippen LogP contribution is -2.11. The summed E-state index contributed by atoms with van der Waals surface area (Å²) >= 11 is 0. The zero-order chi connectivity index (χ0) is 22.3. The molecule has 0 saturated heterocycles. The van der Waals surface area contributed by atoms with E-state index in [1.54, 1.807) is 19.2 Å². The quantitative estimate of drug-likeness (QED) is 0.244. The van der Waals surface area contributed by atoms with Crippen molar-refractivity contribution in [2.75, 3.05) is 7.11 Å². The number of ether oxygens (including phenoxy) is 3. The predicted octanol–water partition coefficient (Wildman–Crippen LogP) is 6.53. The van der Waals surface area contributed by atoms with Crippen LogP contribution in [-0.2, 0) is 4.79 Å². The van der Waals surface area contributed by atoms with Gasteiger partial charge in [0.15, 0.2) is 11.5 Å². The maximum absolute atomic E-state index is 11.2. The van der Waals surface area contributed by atoms with Gasteiger partial charge in [0.1, 0.15) is 5.75 Å². The van der Waals surface area contributed by atoms with Gasteiger partial charge in [-0.3, -0.25) is 4.79 Å². The van der Waals surface area contributed by atoms with Crippen LogP contribution >= 0.6 is 0 Å². The second kappa shape index (κ2) is 10.2. The summed E-state index contributed by atoms with van der Waals surface area (Å²) in [4.78, 5) is 11.2. The van der Waals surface area contributed by atoms with E-state index in [9.17, 15) is 4.79 Å². The normalized spacial score (nSPS) is 14.2. The standard InChI is InChI=1S/C28H28O4/c1-20(29)31-25-15-12-21(13-16-25)18-26(22-8-4-3-5-9-22)23-14-17-27(30-2)28(19-23)32-24-10-6-7-11-24/h3-5,8-9,12-19,24H,6-7,10-11H2,1-2H3/b26-18+. The molecule has 164 valence electrons. The van der Waals surface area contributed by atoms with Crippen molar-refractivity contribution in [2.45, 2.75) is 38.7 Å². The highest BCUT2D eigenvalue weighted by molar-refractivity contribution is 5.92. The van der Waals surface area contributed by atoms with Crippen LogP contribution in [-0.4, -0.2) is 19.2 Å². The first-order valence-electron chi connectivity index (χ1n) is 11.0. The average molecular weight is 429 g/mol. The smallest absolute Gasteiger partial charge is 0.308 e. The number of hydrogen-bond donors (Lipinski definition) is 0. The Morgan fingerprint density at radius 1 is 0.875 bits per heavy atom. The topological polar surface area (TPSA) is 44.8 Å². The first-order valence-corrected chi connectivity index (χ1v) is 11.0. The van der Waals surface area contributed by atoms with Gasteiger partial charge in [-0.2, -0.15) is 0 Å². The summed E-state index contributed by atoms with van der Waals surface area (Å²) in [7, 11) is 1.68. The average Bonchev–Trinajstić information content (AvgIpc) is 3.32. The number of rotatable bonds is 7. The van der Waals surface area contributed by atoms with Crippen LogP contribution in [0.25, 0.3) is 11.6 Å². The first-order chi connectivity index (χ1) is 15.6. The molecule has 1 aliphatic carbocycles. The third-order valence-electron chi connectivity index (χ3n) is 5.61. The second-order valence-corrected chi connectivity index (χ2v) is 7.98. The van der Waals surface area contributed by atoms with E-state index in [1.165, 1.54) is 19.8 Å². The number of hydrogen-bond acceptors (Lipinski definition) is 4. The Bertz CT molecular complexity index is 1080.